The number of aliphatic imine (C=N–C) groups is 1. The van der Waals surface area contributed by atoms with Gasteiger partial charge in [0.1, 0.15) is 0 Å². The van der Waals surface area contributed by atoms with Gasteiger partial charge in [-0.15, -0.1) is 0 Å². The minimum Gasteiger partial charge on any atom is -0.370 e. The first-order valence-corrected chi connectivity index (χ1v) is 4.20. The van der Waals surface area contributed by atoms with Crippen LogP contribution in [0.1, 0.15) is 11.9 Å². The molecule has 0 fully saturated rings. The highest BCUT2D eigenvalue weighted by Gasteiger charge is 2.17. The normalized spacial score (nSPS) is 21.7. The van der Waals surface area contributed by atoms with E-state index in [-0.39, 0.29) is 6.17 Å². The summed E-state index contributed by atoms with van der Waals surface area (Å²) in [6.07, 6.45) is 1.62. The zero-order chi connectivity index (χ0) is 9.26. The van der Waals surface area contributed by atoms with Crippen LogP contribution in [0.2, 0.25) is 0 Å². The smallest absolute Gasteiger partial charge is 0.197 e. The number of nitrogens with zero attached hydrogens (tertiary/aromatic N) is 1. The van der Waals surface area contributed by atoms with Gasteiger partial charge in [-0.05, 0) is 24.4 Å². The number of rotatable bonds is 1. The number of hydrogen-bond donors (Lipinski definition) is 4. The molecule has 2 heterocycles. The van der Waals surface area contributed by atoms with Crippen molar-refractivity contribution in [3.05, 3.63) is 24.0 Å². The van der Waals surface area contributed by atoms with E-state index in [0.29, 0.717) is 11.1 Å². The van der Waals surface area contributed by atoms with Crippen molar-refractivity contribution < 1.29 is 0 Å². The van der Waals surface area contributed by atoms with Crippen LogP contribution in [0.25, 0.3) is 0 Å². The van der Waals surface area contributed by atoms with Crippen molar-refractivity contribution in [3.8, 4) is 0 Å². The van der Waals surface area contributed by atoms with E-state index < -0.39 is 0 Å². The number of thiocarbonyl (C=S) groups is 1. The number of guanidine groups is 1. The van der Waals surface area contributed by atoms with Crippen LogP contribution in [0.4, 0.5) is 0 Å². The first kappa shape index (κ1) is 8.06. The van der Waals surface area contributed by atoms with Crippen LogP contribution in [-0.2, 0) is 0 Å². The van der Waals surface area contributed by atoms with Crippen LogP contribution >= 0.6 is 12.2 Å². The summed E-state index contributed by atoms with van der Waals surface area (Å²) in [5, 5.41) is 6.17. The van der Waals surface area contributed by atoms with Gasteiger partial charge in [0.2, 0.25) is 0 Å². The van der Waals surface area contributed by atoms with Gasteiger partial charge < -0.3 is 21.4 Å². The molecule has 0 saturated carbocycles. The summed E-state index contributed by atoms with van der Waals surface area (Å²) in [7, 11) is 0. The van der Waals surface area contributed by atoms with E-state index in [9.17, 15) is 0 Å². The number of nitrogens with one attached hydrogen (secondary N) is 3. The first-order valence-electron chi connectivity index (χ1n) is 3.80. The summed E-state index contributed by atoms with van der Waals surface area (Å²) in [6.45, 7) is 0. The Morgan fingerprint density at radius 1 is 1.54 bits per heavy atom. The van der Waals surface area contributed by atoms with E-state index in [0.717, 1.165) is 5.69 Å². The third-order valence-electron chi connectivity index (χ3n) is 1.69. The molecule has 1 aliphatic rings. The maximum Gasteiger partial charge on any atom is 0.197 e. The van der Waals surface area contributed by atoms with Crippen molar-refractivity contribution >= 4 is 23.3 Å². The van der Waals surface area contributed by atoms with Gasteiger partial charge in [0.15, 0.2) is 17.2 Å². The topological polar surface area (TPSA) is 78.2 Å². The van der Waals surface area contributed by atoms with Gasteiger partial charge in [0.25, 0.3) is 0 Å². The predicted octanol–water partition coefficient (Wildman–Crippen LogP) is -0.194. The predicted molar refractivity (Wildman–Crippen MR) is 54.0 cm³/mol. The SMILES string of the molecule is NC1=N[C@H](c2ccc[nH]2)NC(=S)N1. The Labute approximate surface area is 80.4 Å². The van der Waals surface area contributed by atoms with Crippen molar-refractivity contribution in [1.29, 1.82) is 0 Å². The van der Waals surface area contributed by atoms with Crippen molar-refractivity contribution in [1.82, 2.24) is 15.6 Å². The molecule has 0 amide bonds. The van der Waals surface area contributed by atoms with Crippen molar-refractivity contribution in [3.63, 3.8) is 0 Å². The summed E-state index contributed by atoms with van der Waals surface area (Å²) in [6, 6.07) is 3.82. The van der Waals surface area contributed by atoms with Crippen LogP contribution in [0.15, 0.2) is 23.3 Å². The van der Waals surface area contributed by atoms with E-state index in [2.05, 4.69) is 20.6 Å². The molecule has 5 N–H and O–H groups in total. The van der Waals surface area contributed by atoms with Gasteiger partial charge in [0.05, 0.1) is 5.69 Å². The molecule has 1 atom stereocenters. The molecule has 68 valence electrons. The molecule has 1 aliphatic heterocycles. The Bertz CT molecular complexity index is 342. The van der Waals surface area contributed by atoms with Crippen LogP contribution in [0, 0.1) is 0 Å². The molecule has 1 aromatic rings. The van der Waals surface area contributed by atoms with Crippen molar-refractivity contribution in [2.75, 3.05) is 0 Å². The molecule has 2 rings (SSSR count). The van der Waals surface area contributed by atoms with Gasteiger partial charge in [-0.1, -0.05) is 0 Å². The van der Waals surface area contributed by atoms with Crippen LogP contribution < -0.4 is 16.4 Å². The number of hydrogen-bond acceptors (Lipinski definition) is 3. The molecule has 0 unspecified atom stereocenters. The van der Waals surface area contributed by atoms with Gasteiger partial charge in [-0.2, -0.15) is 0 Å². The van der Waals surface area contributed by atoms with Crippen LogP contribution in [0.5, 0.6) is 0 Å². The molecule has 0 saturated heterocycles. The van der Waals surface area contributed by atoms with Crippen LogP contribution in [0.3, 0.4) is 0 Å². The highest BCUT2D eigenvalue weighted by Crippen LogP contribution is 2.12. The molecule has 6 heteroatoms. The molecule has 1 aromatic heterocycles. The second-order valence-electron chi connectivity index (χ2n) is 2.64. The lowest BCUT2D eigenvalue weighted by Gasteiger charge is -2.21. The Hall–Kier alpha value is -1.56. The Balaban J connectivity index is 2.25. The maximum atomic E-state index is 5.52. The monoisotopic (exact) mass is 195 g/mol. The average Bonchev–Trinajstić information content (AvgIpc) is 2.53. The highest BCUT2D eigenvalue weighted by atomic mass is 32.1. The standard InChI is InChI=1S/C7H9N5S/c8-6-10-5(11-7(13)12-6)4-2-1-3-9-4/h1-3,5,9H,(H4,8,10,11,12,13)/t5-/m0/s1. The van der Waals surface area contributed by atoms with Gasteiger partial charge in [0, 0.05) is 6.20 Å². The molecule has 0 bridgehead atoms. The molecule has 13 heavy (non-hydrogen) atoms. The number of nitrogens with two attached hydrogens (primary N) is 1. The molecule has 0 radical (unpaired) electrons. The summed E-state index contributed by atoms with van der Waals surface area (Å²) >= 11 is 4.94. The van der Waals surface area contributed by atoms with E-state index in [1.807, 2.05) is 18.3 Å². The maximum absolute atomic E-state index is 5.52. The lowest BCUT2D eigenvalue weighted by molar-refractivity contribution is 0.644. The summed E-state index contributed by atoms with van der Waals surface area (Å²) in [5.41, 5.74) is 6.46. The number of aromatic nitrogens is 1. The van der Waals surface area contributed by atoms with E-state index in [1.54, 1.807) is 0 Å². The number of H-pyrrole nitrogens is 1. The fourth-order valence-corrected chi connectivity index (χ4v) is 1.36. The quantitative estimate of drug-likeness (QED) is 0.468. The fourth-order valence-electron chi connectivity index (χ4n) is 1.14. The highest BCUT2D eigenvalue weighted by molar-refractivity contribution is 7.80. The zero-order valence-electron chi connectivity index (χ0n) is 6.74. The Morgan fingerprint density at radius 3 is 3.00 bits per heavy atom. The minimum absolute atomic E-state index is 0.205. The molecular weight excluding hydrogens is 186 g/mol. The Kier molecular flexibility index (Phi) is 1.90. The largest absolute Gasteiger partial charge is 0.370 e. The lowest BCUT2D eigenvalue weighted by atomic mass is 10.3. The van der Waals surface area contributed by atoms with Gasteiger partial charge in [-0.25, -0.2) is 4.99 Å². The van der Waals surface area contributed by atoms with Gasteiger partial charge >= 0.3 is 0 Å². The summed E-state index contributed by atoms with van der Waals surface area (Å²) < 4.78 is 0. The summed E-state index contributed by atoms with van der Waals surface area (Å²) in [4.78, 5) is 7.16. The zero-order valence-corrected chi connectivity index (χ0v) is 7.56. The molecule has 0 aliphatic carbocycles. The number of aromatic amines is 1. The lowest BCUT2D eigenvalue weighted by Crippen LogP contribution is -2.49. The summed E-state index contributed by atoms with van der Waals surface area (Å²) in [5.74, 6) is 0.336. The average molecular weight is 195 g/mol. The van der Waals surface area contributed by atoms with Crippen molar-refractivity contribution in [2.45, 2.75) is 6.17 Å². The van der Waals surface area contributed by atoms with Gasteiger partial charge in [-0.3, -0.25) is 0 Å². The first-order chi connectivity index (χ1) is 6.25. The van der Waals surface area contributed by atoms with Crippen LogP contribution in [-0.4, -0.2) is 16.1 Å². The van der Waals surface area contributed by atoms with Crippen molar-refractivity contribution in [2.24, 2.45) is 10.7 Å². The second kappa shape index (κ2) is 3.06. The molecule has 5 nitrogen and oxygen atoms in total. The minimum atomic E-state index is -0.205. The second-order valence-corrected chi connectivity index (χ2v) is 3.05. The van der Waals surface area contributed by atoms with E-state index >= 15 is 0 Å². The molecule has 0 aromatic carbocycles. The Morgan fingerprint density at radius 2 is 2.38 bits per heavy atom. The fraction of sp³-hybridized carbons (Fsp3) is 0.143. The molecule has 0 spiro atoms. The molecular formula is C7H9N5S. The van der Waals surface area contributed by atoms with E-state index in [1.165, 1.54) is 0 Å². The van der Waals surface area contributed by atoms with E-state index in [4.69, 9.17) is 18.0 Å². The third kappa shape index (κ3) is 1.62. The third-order valence-corrected chi connectivity index (χ3v) is 1.91.